The number of anilines is 1. The molecule has 0 aromatic heterocycles. The van der Waals surface area contributed by atoms with E-state index in [9.17, 15) is 4.79 Å². The summed E-state index contributed by atoms with van der Waals surface area (Å²) in [4.78, 5) is 12.6. The summed E-state index contributed by atoms with van der Waals surface area (Å²) in [6.07, 6.45) is 11.9. The van der Waals surface area contributed by atoms with E-state index in [4.69, 9.17) is 23.2 Å². The molecule has 4 heteroatoms. The van der Waals surface area contributed by atoms with Gasteiger partial charge < -0.3 is 10.0 Å². The van der Waals surface area contributed by atoms with Crippen LogP contribution in [0.25, 0.3) is 6.08 Å². The number of carboxylic acids is 1. The third-order valence-electron chi connectivity index (χ3n) is 2.48. The Morgan fingerprint density at radius 1 is 1.25 bits per heavy atom. The van der Waals surface area contributed by atoms with Gasteiger partial charge in [0.1, 0.15) is 11.6 Å². The van der Waals surface area contributed by atoms with Crippen LogP contribution >= 0.6 is 0 Å². The molecule has 1 N–H and O–H groups in total. The zero-order chi connectivity index (χ0) is 15.0. The Morgan fingerprint density at radius 3 is 2.20 bits per heavy atom. The van der Waals surface area contributed by atoms with Gasteiger partial charge in [-0.3, -0.25) is 0 Å². The van der Waals surface area contributed by atoms with Gasteiger partial charge in [0.25, 0.3) is 0 Å². The summed E-state index contributed by atoms with van der Waals surface area (Å²) >= 11 is 0. The molecule has 0 aliphatic carbocycles. The molecule has 1 aromatic carbocycles. The molecule has 20 heavy (non-hydrogen) atoms. The second kappa shape index (κ2) is 7.31. The molecule has 0 fully saturated rings. The monoisotopic (exact) mass is 264 g/mol. The molecular weight excluding hydrogens is 252 g/mol. The lowest BCUT2D eigenvalue weighted by molar-refractivity contribution is -0.132. The lowest BCUT2D eigenvalue weighted by Gasteiger charge is -2.19. The van der Waals surface area contributed by atoms with Crippen molar-refractivity contribution in [1.29, 1.82) is 5.26 Å². The van der Waals surface area contributed by atoms with Crippen molar-refractivity contribution in [2.45, 2.75) is 0 Å². The SMILES string of the molecule is C#CCN(CC#C)c1ccc(/C=C(\C#N)C(=O)O)cc1. The highest BCUT2D eigenvalue weighted by atomic mass is 16.4. The zero-order valence-electron chi connectivity index (χ0n) is 10.7. The van der Waals surface area contributed by atoms with E-state index in [1.54, 1.807) is 30.3 Å². The molecule has 0 aliphatic rings. The molecule has 0 bridgehead atoms. The van der Waals surface area contributed by atoms with Crippen LogP contribution in [0, 0.1) is 36.0 Å². The summed E-state index contributed by atoms with van der Waals surface area (Å²) in [7, 11) is 0. The van der Waals surface area contributed by atoms with E-state index in [0.29, 0.717) is 18.7 Å². The van der Waals surface area contributed by atoms with Gasteiger partial charge in [0.2, 0.25) is 0 Å². The average molecular weight is 264 g/mol. The fourth-order valence-electron chi connectivity index (χ4n) is 1.55. The summed E-state index contributed by atoms with van der Waals surface area (Å²) in [5.41, 5.74) is 1.14. The fourth-order valence-corrected chi connectivity index (χ4v) is 1.55. The van der Waals surface area contributed by atoms with Crippen LogP contribution in [0.1, 0.15) is 5.56 Å². The molecule has 0 atom stereocenters. The lowest BCUT2D eigenvalue weighted by atomic mass is 10.1. The van der Waals surface area contributed by atoms with Gasteiger partial charge in [0.05, 0.1) is 13.1 Å². The molecule has 0 radical (unpaired) electrons. The quantitative estimate of drug-likeness (QED) is 0.500. The molecule has 0 saturated heterocycles. The van der Waals surface area contributed by atoms with Gasteiger partial charge in [-0.15, -0.1) is 12.8 Å². The Bertz CT molecular complexity index is 621. The minimum Gasteiger partial charge on any atom is -0.477 e. The number of nitriles is 1. The van der Waals surface area contributed by atoms with E-state index in [-0.39, 0.29) is 5.57 Å². The van der Waals surface area contributed by atoms with Gasteiger partial charge in [-0.05, 0) is 23.8 Å². The summed E-state index contributed by atoms with van der Waals surface area (Å²) in [6, 6.07) is 8.58. The lowest BCUT2D eigenvalue weighted by Crippen LogP contribution is -2.23. The van der Waals surface area contributed by atoms with Crippen molar-refractivity contribution in [3.63, 3.8) is 0 Å². The number of carboxylic acid groups (broad SMARTS) is 1. The minimum atomic E-state index is -1.25. The molecule has 1 aromatic rings. The van der Waals surface area contributed by atoms with Crippen molar-refractivity contribution < 1.29 is 9.90 Å². The van der Waals surface area contributed by atoms with Crippen LogP contribution in [-0.2, 0) is 4.79 Å². The fraction of sp³-hybridized carbons (Fsp3) is 0.125. The Labute approximate surface area is 117 Å². The van der Waals surface area contributed by atoms with Gasteiger partial charge in [0, 0.05) is 5.69 Å². The third-order valence-corrected chi connectivity index (χ3v) is 2.48. The van der Waals surface area contributed by atoms with Crippen LogP contribution in [0.15, 0.2) is 29.8 Å². The summed E-state index contributed by atoms with van der Waals surface area (Å²) in [5.74, 6) is 3.79. The van der Waals surface area contributed by atoms with Crippen LogP contribution in [0.4, 0.5) is 5.69 Å². The second-order valence-corrected chi connectivity index (χ2v) is 3.83. The number of nitrogens with zero attached hydrogens (tertiary/aromatic N) is 2. The highest BCUT2D eigenvalue weighted by Crippen LogP contribution is 2.16. The van der Waals surface area contributed by atoms with Crippen LogP contribution < -0.4 is 4.90 Å². The summed E-state index contributed by atoms with van der Waals surface area (Å²) < 4.78 is 0. The molecule has 4 nitrogen and oxygen atoms in total. The van der Waals surface area contributed by atoms with E-state index in [1.165, 1.54) is 6.08 Å². The highest BCUT2D eigenvalue weighted by molar-refractivity contribution is 5.96. The molecule has 0 unspecified atom stereocenters. The summed E-state index contributed by atoms with van der Waals surface area (Å²) in [5, 5.41) is 17.5. The molecule has 0 heterocycles. The topological polar surface area (TPSA) is 64.3 Å². The predicted octanol–water partition coefficient (Wildman–Crippen LogP) is 1.75. The normalized spacial score (nSPS) is 9.95. The van der Waals surface area contributed by atoms with Gasteiger partial charge in [0.15, 0.2) is 0 Å². The maximum Gasteiger partial charge on any atom is 0.346 e. The van der Waals surface area contributed by atoms with Crippen molar-refractivity contribution in [2.24, 2.45) is 0 Å². The standard InChI is InChI=1S/C16H12N2O2/c1-3-9-18(10-4-2)15-7-5-13(6-8-15)11-14(12-17)16(19)20/h1-2,5-8,11H,9-10H2,(H,19,20)/b14-11+. The van der Waals surface area contributed by atoms with E-state index < -0.39 is 5.97 Å². The van der Waals surface area contributed by atoms with Gasteiger partial charge in [-0.2, -0.15) is 5.26 Å². The number of aliphatic carboxylic acids is 1. The van der Waals surface area contributed by atoms with Crippen LogP contribution in [0.2, 0.25) is 0 Å². The number of rotatable bonds is 5. The Kier molecular flexibility index (Phi) is 5.45. The molecule has 98 valence electrons. The maximum absolute atomic E-state index is 10.7. The maximum atomic E-state index is 10.7. The first-order valence-corrected chi connectivity index (χ1v) is 5.69. The predicted molar refractivity (Wildman–Crippen MR) is 77.5 cm³/mol. The van der Waals surface area contributed by atoms with Crippen molar-refractivity contribution in [3.05, 3.63) is 35.4 Å². The first-order valence-electron chi connectivity index (χ1n) is 5.69. The van der Waals surface area contributed by atoms with E-state index in [1.807, 2.05) is 4.90 Å². The Morgan fingerprint density at radius 2 is 1.80 bits per heavy atom. The van der Waals surface area contributed by atoms with E-state index in [2.05, 4.69) is 11.8 Å². The van der Waals surface area contributed by atoms with Crippen molar-refractivity contribution in [2.75, 3.05) is 18.0 Å². The molecule has 1 rings (SSSR count). The molecule has 0 spiro atoms. The zero-order valence-corrected chi connectivity index (χ0v) is 10.7. The van der Waals surface area contributed by atoms with Gasteiger partial charge >= 0.3 is 5.97 Å². The number of benzene rings is 1. The van der Waals surface area contributed by atoms with Crippen molar-refractivity contribution >= 4 is 17.7 Å². The molecular formula is C16H12N2O2. The van der Waals surface area contributed by atoms with E-state index >= 15 is 0 Å². The number of terminal acetylenes is 2. The summed E-state index contributed by atoms with van der Waals surface area (Å²) in [6.45, 7) is 0.774. The van der Waals surface area contributed by atoms with Gasteiger partial charge in [-0.1, -0.05) is 24.0 Å². The second-order valence-electron chi connectivity index (χ2n) is 3.83. The average Bonchev–Trinajstić information content (AvgIpc) is 2.45. The smallest absolute Gasteiger partial charge is 0.346 e. The van der Waals surface area contributed by atoms with Crippen LogP contribution in [-0.4, -0.2) is 24.2 Å². The molecule has 0 aliphatic heterocycles. The van der Waals surface area contributed by atoms with Crippen LogP contribution in [0.3, 0.4) is 0 Å². The van der Waals surface area contributed by atoms with Gasteiger partial charge in [-0.25, -0.2) is 4.79 Å². The first kappa shape index (κ1) is 14.9. The molecule has 0 saturated carbocycles. The largest absolute Gasteiger partial charge is 0.477 e. The number of carbonyl (C=O) groups is 1. The van der Waals surface area contributed by atoms with Crippen molar-refractivity contribution in [1.82, 2.24) is 0 Å². The highest BCUT2D eigenvalue weighted by Gasteiger charge is 2.06. The Hall–Kier alpha value is -3.16. The van der Waals surface area contributed by atoms with E-state index in [0.717, 1.165) is 5.69 Å². The van der Waals surface area contributed by atoms with Crippen molar-refractivity contribution in [3.8, 4) is 30.8 Å². The first-order chi connectivity index (χ1) is 9.62. The Balaban J connectivity index is 3.00. The third kappa shape index (κ3) is 3.95. The number of hydrogen-bond donors (Lipinski definition) is 1. The molecule has 0 amide bonds. The minimum absolute atomic E-state index is 0.318. The van der Waals surface area contributed by atoms with Crippen LogP contribution in [0.5, 0.6) is 0 Å². The number of hydrogen-bond acceptors (Lipinski definition) is 3.